The molecule has 1 saturated heterocycles. The number of carbonyl (C=O) groups excluding carboxylic acids is 1. The first-order chi connectivity index (χ1) is 12.5. The zero-order chi connectivity index (χ0) is 18.6. The Hall–Kier alpha value is -2.12. The Bertz CT molecular complexity index is 821. The lowest BCUT2D eigenvalue weighted by atomic mass is 10.2. The number of benzene rings is 1. The second kappa shape index (κ2) is 8.05. The van der Waals surface area contributed by atoms with Crippen LogP contribution in [0.3, 0.4) is 0 Å². The first-order valence-electron chi connectivity index (χ1n) is 8.93. The van der Waals surface area contributed by atoms with Crippen LogP contribution in [0.5, 0.6) is 0 Å². The van der Waals surface area contributed by atoms with Crippen molar-refractivity contribution >= 4 is 15.9 Å². The summed E-state index contributed by atoms with van der Waals surface area (Å²) in [5.41, 5.74) is 0.415. The van der Waals surface area contributed by atoms with Crippen molar-refractivity contribution in [1.29, 1.82) is 0 Å². The van der Waals surface area contributed by atoms with Crippen molar-refractivity contribution in [2.24, 2.45) is 0 Å². The fourth-order valence-electron chi connectivity index (χ4n) is 3.10. The normalized spacial score (nSPS) is 17.4. The van der Waals surface area contributed by atoms with Gasteiger partial charge in [-0.1, -0.05) is 12.8 Å². The van der Waals surface area contributed by atoms with Crippen LogP contribution in [0.1, 0.15) is 54.8 Å². The van der Waals surface area contributed by atoms with E-state index in [2.05, 4.69) is 5.32 Å². The molecule has 1 atom stereocenters. The Morgan fingerprint density at radius 1 is 1.08 bits per heavy atom. The Morgan fingerprint density at radius 3 is 2.31 bits per heavy atom. The fraction of sp³-hybridized carbons (Fsp3) is 0.421. The molecule has 1 aromatic carbocycles. The summed E-state index contributed by atoms with van der Waals surface area (Å²) in [6, 6.07) is 9.41. The van der Waals surface area contributed by atoms with Crippen LogP contribution in [0.2, 0.25) is 0 Å². The summed E-state index contributed by atoms with van der Waals surface area (Å²) >= 11 is 0. The van der Waals surface area contributed by atoms with E-state index in [9.17, 15) is 13.2 Å². The van der Waals surface area contributed by atoms with E-state index < -0.39 is 10.0 Å². The third-order valence-corrected chi connectivity index (χ3v) is 6.55. The van der Waals surface area contributed by atoms with E-state index in [4.69, 9.17) is 4.42 Å². The predicted molar refractivity (Wildman–Crippen MR) is 98.3 cm³/mol. The minimum atomic E-state index is -3.50. The first kappa shape index (κ1) is 18.7. The Morgan fingerprint density at radius 2 is 1.73 bits per heavy atom. The number of furan rings is 1. The van der Waals surface area contributed by atoms with Crippen molar-refractivity contribution in [3.05, 3.63) is 54.0 Å². The van der Waals surface area contributed by atoms with Crippen molar-refractivity contribution in [2.75, 3.05) is 13.1 Å². The van der Waals surface area contributed by atoms with Gasteiger partial charge in [-0.05, 0) is 56.2 Å². The van der Waals surface area contributed by atoms with Gasteiger partial charge in [0, 0.05) is 18.7 Å². The molecule has 0 saturated carbocycles. The van der Waals surface area contributed by atoms with Gasteiger partial charge in [0.15, 0.2) is 0 Å². The maximum absolute atomic E-state index is 12.8. The molecule has 1 amide bonds. The quantitative estimate of drug-likeness (QED) is 0.868. The van der Waals surface area contributed by atoms with Gasteiger partial charge < -0.3 is 9.73 Å². The highest BCUT2D eigenvalue weighted by atomic mass is 32.2. The number of hydrogen-bond acceptors (Lipinski definition) is 4. The molecule has 0 bridgehead atoms. The number of sulfonamides is 1. The number of rotatable bonds is 5. The lowest BCUT2D eigenvalue weighted by Crippen LogP contribution is -2.32. The van der Waals surface area contributed by atoms with Crippen LogP contribution in [-0.4, -0.2) is 31.7 Å². The van der Waals surface area contributed by atoms with Crippen molar-refractivity contribution < 1.29 is 17.6 Å². The van der Waals surface area contributed by atoms with Gasteiger partial charge in [0.05, 0.1) is 17.2 Å². The summed E-state index contributed by atoms with van der Waals surface area (Å²) in [6.45, 7) is 2.95. The van der Waals surface area contributed by atoms with Crippen molar-refractivity contribution in [3.63, 3.8) is 0 Å². The molecule has 0 radical (unpaired) electrons. The number of amides is 1. The zero-order valence-corrected chi connectivity index (χ0v) is 15.7. The van der Waals surface area contributed by atoms with Crippen LogP contribution in [0.25, 0.3) is 0 Å². The monoisotopic (exact) mass is 376 g/mol. The van der Waals surface area contributed by atoms with Crippen LogP contribution < -0.4 is 5.32 Å². The van der Waals surface area contributed by atoms with Gasteiger partial charge in [0.25, 0.3) is 5.91 Å². The second-order valence-electron chi connectivity index (χ2n) is 6.55. The van der Waals surface area contributed by atoms with E-state index in [0.717, 1.165) is 25.7 Å². The van der Waals surface area contributed by atoms with Crippen LogP contribution in [-0.2, 0) is 10.0 Å². The van der Waals surface area contributed by atoms with Gasteiger partial charge >= 0.3 is 0 Å². The van der Waals surface area contributed by atoms with E-state index in [1.54, 1.807) is 34.8 Å². The summed E-state index contributed by atoms with van der Waals surface area (Å²) in [7, 11) is -3.50. The highest BCUT2D eigenvalue weighted by molar-refractivity contribution is 7.89. The maximum Gasteiger partial charge on any atom is 0.251 e. The van der Waals surface area contributed by atoms with Gasteiger partial charge in [-0.15, -0.1) is 0 Å². The van der Waals surface area contributed by atoms with E-state index in [0.29, 0.717) is 24.4 Å². The minimum Gasteiger partial charge on any atom is -0.467 e. The summed E-state index contributed by atoms with van der Waals surface area (Å²) < 4.78 is 32.4. The number of carbonyl (C=O) groups is 1. The standard InChI is InChI=1S/C19H24N2O4S/c1-15(18-7-6-14-25-18)20-19(22)16-8-10-17(11-9-16)26(23,24)21-12-4-2-3-5-13-21/h6-11,14-15H,2-5,12-13H2,1H3,(H,20,22)/t15-/m0/s1. The molecule has 6 nitrogen and oxygen atoms in total. The molecule has 2 aromatic rings. The Labute approximate surface area is 154 Å². The molecule has 7 heteroatoms. The van der Waals surface area contributed by atoms with Crippen molar-refractivity contribution in [2.45, 2.75) is 43.5 Å². The summed E-state index contributed by atoms with van der Waals surface area (Å²) in [6.07, 6.45) is 5.48. The summed E-state index contributed by atoms with van der Waals surface area (Å²) in [5, 5.41) is 2.84. The van der Waals surface area contributed by atoms with Gasteiger partial charge in [-0.3, -0.25) is 4.79 Å². The molecule has 1 aliphatic rings. The molecular weight excluding hydrogens is 352 g/mol. The summed E-state index contributed by atoms with van der Waals surface area (Å²) in [4.78, 5) is 12.6. The summed E-state index contributed by atoms with van der Waals surface area (Å²) in [5.74, 6) is 0.395. The zero-order valence-electron chi connectivity index (χ0n) is 14.8. The maximum atomic E-state index is 12.8. The second-order valence-corrected chi connectivity index (χ2v) is 8.49. The molecule has 1 aromatic heterocycles. The smallest absolute Gasteiger partial charge is 0.251 e. The molecule has 3 rings (SSSR count). The topological polar surface area (TPSA) is 79.6 Å². The predicted octanol–water partition coefficient (Wildman–Crippen LogP) is 3.34. The Kier molecular flexibility index (Phi) is 5.78. The molecule has 0 spiro atoms. The van der Waals surface area contributed by atoms with Gasteiger partial charge in [0.1, 0.15) is 5.76 Å². The van der Waals surface area contributed by atoms with E-state index in [1.807, 2.05) is 6.92 Å². The molecule has 26 heavy (non-hydrogen) atoms. The van der Waals surface area contributed by atoms with Gasteiger partial charge in [0.2, 0.25) is 10.0 Å². The largest absolute Gasteiger partial charge is 0.467 e. The van der Waals surface area contributed by atoms with E-state index in [1.165, 1.54) is 12.1 Å². The Balaban J connectivity index is 1.70. The fourth-order valence-corrected chi connectivity index (χ4v) is 4.62. The SMILES string of the molecule is C[C@H](NC(=O)c1ccc(S(=O)(=O)N2CCCCCC2)cc1)c1ccco1. The number of hydrogen-bond donors (Lipinski definition) is 1. The van der Waals surface area contributed by atoms with E-state index >= 15 is 0 Å². The highest BCUT2D eigenvalue weighted by Crippen LogP contribution is 2.21. The lowest BCUT2D eigenvalue weighted by molar-refractivity contribution is 0.0935. The molecule has 1 N–H and O–H groups in total. The van der Waals surface area contributed by atoms with Gasteiger partial charge in [-0.2, -0.15) is 4.31 Å². The number of nitrogens with one attached hydrogen (secondary N) is 1. The van der Waals surface area contributed by atoms with Crippen molar-refractivity contribution in [3.8, 4) is 0 Å². The van der Waals surface area contributed by atoms with Crippen molar-refractivity contribution in [1.82, 2.24) is 9.62 Å². The first-order valence-corrected chi connectivity index (χ1v) is 10.4. The highest BCUT2D eigenvalue weighted by Gasteiger charge is 2.25. The van der Waals surface area contributed by atoms with Crippen LogP contribution in [0.4, 0.5) is 0 Å². The molecule has 0 aliphatic carbocycles. The molecule has 1 aliphatic heterocycles. The third kappa shape index (κ3) is 4.16. The molecule has 1 fully saturated rings. The lowest BCUT2D eigenvalue weighted by Gasteiger charge is -2.20. The molecule has 140 valence electrons. The minimum absolute atomic E-state index is 0.232. The van der Waals surface area contributed by atoms with Crippen LogP contribution in [0.15, 0.2) is 52.0 Å². The van der Waals surface area contributed by atoms with Crippen LogP contribution in [0, 0.1) is 0 Å². The molecule has 0 unspecified atom stereocenters. The van der Waals surface area contributed by atoms with E-state index in [-0.39, 0.29) is 16.8 Å². The molecule has 2 heterocycles. The molecular formula is C19H24N2O4S. The number of nitrogens with zero attached hydrogens (tertiary/aromatic N) is 1. The van der Waals surface area contributed by atoms with Crippen LogP contribution >= 0.6 is 0 Å². The average Bonchev–Trinajstić information content (AvgIpc) is 3.04. The third-order valence-electron chi connectivity index (χ3n) is 4.64. The average molecular weight is 376 g/mol. The van der Waals surface area contributed by atoms with Gasteiger partial charge in [-0.25, -0.2) is 8.42 Å².